The van der Waals surface area contributed by atoms with E-state index in [2.05, 4.69) is 38.1 Å². The highest BCUT2D eigenvalue weighted by Crippen LogP contribution is 2.53. The van der Waals surface area contributed by atoms with Crippen LogP contribution in [0.2, 0.25) is 0 Å². The number of H-pyrrole nitrogens is 1. The number of hydrogen-bond acceptors (Lipinski definition) is 6. The number of aromatic nitrogens is 3. The van der Waals surface area contributed by atoms with Crippen molar-refractivity contribution >= 4 is 34.6 Å². The summed E-state index contributed by atoms with van der Waals surface area (Å²) >= 11 is 1.79. The van der Waals surface area contributed by atoms with Gasteiger partial charge in [-0.1, -0.05) is 6.08 Å². The highest BCUT2D eigenvalue weighted by atomic mass is 32.2. The van der Waals surface area contributed by atoms with Crippen molar-refractivity contribution in [3.8, 4) is 16.9 Å². The molecule has 0 unspecified atom stereocenters. The van der Waals surface area contributed by atoms with Crippen LogP contribution in [0.15, 0.2) is 60.2 Å². The molecule has 38 heavy (non-hydrogen) atoms. The third-order valence-corrected chi connectivity index (χ3v) is 8.38. The monoisotopic (exact) mass is 529 g/mol. The van der Waals surface area contributed by atoms with E-state index in [9.17, 15) is 9.59 Å². The number of anilines is 1. The summed E-state index contributed by atoms with van der Waals surface area (Å²) in [4.78, 5) is 33.3. The molecule has 0 spiro atoms. The second-order valence-corrected chi connectivity index (χ2v) is 11.2. The van der Waals surface area contributed by atoms with Gasteiger partial charge in [0, 0.05) is 39.3 Å². The second-order valence-electron chi connectivity index (χ2n) is 9.81. The lowest BCUT2D eigenvalue weighted by molar-refractivity contribution is 0.0952. The average molecular weight is 530 g/mol. The van der Waals surface area contributed by atoms with Gasteiger partial charge in [-0.3, -0.25) is 13.6 Å². The number of nitrogen functional groups attached to an aromatic ring is 1. The minimum absolute atomic E-state index is 0.0315. The van der Waals surface area contributed by atoms with Crippen LogP contribution < -0.4 is 21.3 Å². The lowest BCUT2D eigenvalue weighted by Gasteiger charge is -2.15. The number of aromatic amines is 1. The fraction of sp³-hybridized carbons (Fsp3) is 0.276. The molecule has 1 aliphatic rings. The van der Waals surface area contributed by atoms with Crippen molar-refractivity contribution in [2.75, 3.05) is 12.8 Å². The summed E-state index contributed by atoms with van der Waals surface area (Å²) in [5, 5.41) is 3.82. The van der Waals surface area contributed by atoms with Crippen LogP contribution in [0, 0.1) is 13.8 Å². The largest absolute Gasteiger partial charge is 0.496 e. The van der Waals surface area contributed by atoms with Crippen molar-refractivity contribution in [2.45, 2.75) is 44.4 Å². The van der Waals surface area contributed by atoms with Crippen LogP contribution in [-0.4, -0.2) is 31.7 Å². The standard InChI is InChI=1S/C29H31N5O3S/c1-5-8-29(9-10-29)38-34-16-17(2)26-21(12-20(13-23(26)34)19-6-7-25(30)31-14-19)27(35)32-15-22-24(37-4)11-18(3)33-28(22)36/h5-7,11-14,16H,1,8-10,15H2,2-4H3,(H2,30,31)(H,32,35)(H,33,36). The van der Waals surface area contributed by atoms with Crippen molar-refractivity contribution < 1.29 is 9.53 Å². The first-order chi connectivity index (χ1) is 18.2. The van der Waals surface area contributed by atoms with E-state index in [1.807, 2.05) is 25.1 Å². The molecule has 3 aromatic heterocycles. The van der Waals surface area contributed by atoms with E-state index in [4.69, 9.17) is 10.5 Å². The Morgan fingerprint density at radius 1 is 1.29 bits per heavy atom. The maximum absolute atomic E-state index is 13.7. The minimum Gasteiger partial charge on any atom is -0.496 e. The van der Waals surface area contributed by atoms with Gasteiger partial charge >= 0.3 is 0 Å². The summed E-state index contributed by atoms with van der Waals surface area (Å²) in [6.07, 6.45) is 8.97. The molecule has 8 nitrogen and oxygen atoms in total. The molecule has 0 saturated heterocycles. The number of benzene rings is 1. The Bertz CT molecular complexity index is 1600. The van der Waals surface area contributed by atoms with Crippen LogP contribution in [0.4, 0.5) is 5.82 Å². The van der Waals surface area contributed by atoms with Crippen LogP contribution >= 0.6 is 11.9 Å². The molecule has 0 bridgehead atoms. The van der Waals surface area contributed by atoms with E-state index in [0.717, 1.165) is 46.9 Å². The van der Waals surface area contributed by atoms with E-state index >= 15 is 0 Å². The van der Waals surface area contributed by atoms with Gasteiger partial charge in [0.2, 0.25) is 0 Å². The number of nitrogens with zero attached hydrogens (tertiary/aromatic N) is 2. The van der Waals surface area contributed by atoms with Gasteiger partial charge in [0.25, 0.3) is 11.5 Å². The van der Waals surface area contributed by atoms with E-state index < -0.39 is 0 Å². The van der Waals surface area contributed by atoms with E-state index in [-0.39, 0.29) is 22.8 Å². The minimum atomic E-state index is -0.287. The summed E-state index contributed by atoms with van der Waals surface area (Å²) in [5.41, 5.74) is 10.8. The number of ether oxygens (including phenoxy) is 1. The Hall–Kier alpha value is -3.98. The van der Waals surface area contributed by atoms with Crippen LogP contribution in [-0.2, 0) is 6.54 Å². The van der Waals surface area contributed by atoms with Gasteiger partial charge in [-0.25, -0.2) is 4.98 Å². The van der Waals surface area contributed by atoms with Crippen molar-refractivity contribution in [1.82, 2.24) is 19.3 Å². The summed E-state index contributed by atoms with van der Waals surface area (Å²) in [6.45, 7) is 7.77. The molecule has 9 heteroatoms. The van der Waals surface area contributed by atoms with Gasteiger partial charge in [0.05, 0.1) is 24.7 Å². The van der Waals surface area contributed by atoms with Gasteiger partial charge in [0.15, 0.2) is 0 Å². The van der Waals surface area contributed by atoms with Gasteiger partial charge in [0.1, 0.15) is 11.6 Å². The molecule has 4 N–H and O–H groups in total. The lowest BCUT2D eigenvalue weighted by atomic mass is 9.99. The molecule has 0 atom stereocenters. The van der Waals surface area contributed by atoms with Crippen LogP contribution in [0.1, 0.15) is 46.4 Å². The zero-order chi connectivity index (χ0) is 27.0. The van der Waals surface area contributed by atoms with Crippen molar-refractivity contribution in [2.24, 2.45) is 0 Å². The number of amides is 1. The van der Waals surface area contributed by atoms with Gasteiger partial charge in [-0.15, -0.1) is 6.58 Å². The number of allylic oxidation sites excluding steroid dienone is 1. The van der Waals surface area contributed by atoms with E-state index in [1.165, 1.54) is 7.11 Å². The van der Waals surface area contributed by atoms with Gasteiger partial charge in [-0.2, -0.15) is 0 Å². The van der Waals surface area contributed by atoms with Crippen LogP contribution in [0.3, 0.4) is 0 Å². The number of aryl methyl sites for hydroxylation is 2. The van der Waals surface area contributed by atoms with Gasteiger partial charge in [-0.05, 0) is 86.5 Å². The third-order valence-electron chi connectivity index (χ3n) is 6.92. The first-order valence-electron chi connectivity index (χ1n) is 12.5. The Morgan fingerprint density at radius 3 is 2.74 bits per heavy atom. The second kappa shape index (κ2) is 10.1. The predicted molar refractivity (Wildman–Crippen MR) is 154 cm³/mol. The summed E-state index contributed by atoms with van der Waals surface area (Å²) in [5.74, 6) is 0.592. The molecule has 1 fully saturated rings. The van der Waals surface area contributed by atoms with Crippen molar-refractivity contribution in [1.29, 1.82) is 0 Å². The molecule has 196 valence electrons. The third kappa shape index (κ3) is 4.93. The molecule has 1 aliphatic carbocycles. The molecule has 0 aliphatic heterocycles. The summed E-state index contributed by atoms with van der Waals surface area (Å²) in [7, 11) is 1.51. The van der Waals surface area contributed by atoms with Crippen LogP contribution in [0.5, 0.6) is 5.75 Å². The summed E-state index contributed by atoms with van der Waals surface area (Å²) < 4.78 is 7.72. The first kappa shape index (κ1) is 25.7. The maximum Gasteiger partial charge on any atom is 0.256 e. The summed E-state index contributed by atoms with van der Waals surface area (Å²) in [6, 6.07) is 9.36. The SMILES string of the molecule is C=CCC1(Sn2cc(C)c3c(C(=O)NCc4c(OC)cc(C)[nH]c4=O)cc(-c4ccc(N)nc4)cc32)CC1. The zero-order valence-corrected chi connectivity index (χ0v) is 22.6. The Balaban J connectivity index is 1.57. The molecule has 3 heterocycles. The molecule has 1 aromatic carbocycles. The normalized spacial score (nSPS) is 13.9. The number of pyridine rings is 2. The molecular weight excluding hydrogens is 498 g/mol. The number of rotatable bonds is 9. The molecule has 5 rings (SSSR count). The first-order valence-corrected chi connectivity index (χ1v) is 13.2. The average Bonchev–Trinajstić information content (AvgIpc) is 3.58. The van der Waals surface area contributed by atoms with E-state index in [1.54, 1.807) is 37.2 Å². The predicted octanol–water partition coefficient (Wildman–Crippen LogP) is 5.13. The number of nitrogens with one attached hydrogen (secondary N) is 2. The fourth-order valence-corrected chi connectivity index (χ4v) is 6.11. The fourth-order valence-electron chi connectivity index (χ4n) is 4.77. The number of carbonyl (C=O) groups excluding carboxylic acids is 1. The molecule has 4 aromatic rings. The lowest BCUT2D eigenvalue weighted by Crippen LogP contribution is -2.27. The van der Waals surface area contributed by atoms with E-state index in [0.29, 0.717) is 28.4 Å². The molecule has 1 saturated carbocycles. The topological polar surface area (TPSA) is 115 Å². The highest BCUT2D eigenvalue weighted by Gasteiger charge is 2.43. The number of methoxy groups -OCH3 is 1. The number of hydrogen-bond donors (Lipinski definition) is 3. The van der Waals surface area contributed by atoms with Crippen molar-refractivity contribution in [3.63, 3.8) is 0 Å². The van der Waals surface area contributed by atoms with Crippen LogP contribution in [0.25, 0.3) is 22.0 Å². The Morgan fingerprint density at radius 2 is 2.08 bits per heavy atom. The number of carbonyl (C=O) groups is 1. The quantitative estimate of drug-likeness (QED) is 0.259. The highest BCUT2D eigenvalue weighted by molar-refractivity contribution is 7.99. The molecule has 0 radical (unpaired) electrons. The van der Waals surface area contributed by atoms with Crippen molar-refractivity contribution in [3.05, 3.63) is 88.1 Å². The smallest absolute Gasteiger partial charge is 0.256 e. The van der Waals surface area contributed by atoms with Gasteiger partial charge < -0.3 is 20.8 Å². The maximum atomic E-state index is 13.7. The Kier molecular flexibility index (Phi) is 6.79. The zero-order valence-electron chi connectivity index (χ0n) is 21.8. The molecule has 1 amide bonds. The Labute approximate surface area is 225 Å². The number of nitrogens with two attached hydrogens (primary N) is 1. The molecular formula is C29H31N5O3S. The number of fused-ring (bicyclic) bond motifs is 1.